The summed E-state index contributed by atoms with van der Waals surface area (Å²) in [5.41, 5.74) is 1.32. The maximum Gasteiger partial charge on any atom is 3.00 e. The first kappa shape index (κ1) is 28.7. The Kier molecular flexibility index (Phi) is 9.55. The number of hydrogen-bond donors (Lipinski definition) is 0. The summed E-state index contributed by atoms with van der Waals surface area (Å²) < 4.78 is 70.6. The van der Waals surface area contributed by atoms with E-state index in [2.05, 4.69) is 22.2 Å². The average Bonchev–Trinajstić information content (AvgIpc) is 3.37. The van der Waals surface area contributed by atoms with Gasteiger partial charge in [0.15, 0.2) is 0 Å². The van der Waals surface area contributed by atoms with Gasteiger partial charge in [0.05, 0.1) is 7.11 Å². The number of hydrogen-bond acceptors (Lipinski definition) is 5. The van der Waals surface area contributed by atoms with Gasteiger partial charge in [-0.2, -0.15) is 42.5 Å². The van der Waals surface area contributed by atoms with Crippen LogP contribution in [0.1, 0.15) is 0 Å². The fourth-order valence-corrected chi connectivity index (χ4v) is 3.27. The van der Waals surface area contributed by atoms with Crippen molar-refractivity contribution in [1.82, 2.24) is 4.98 Å². The molecule has 2 heterocycles. The number of para-hydroxylation sites is 2. The second-order valence-electron chi connectivity index (χ2n) is 7.46. The number of halogens is 5. The van der Waals surface area contributed by atoms with E-state index in [4.69, 9.17) is 4.74 Å². The number of benzene rings is 3. The summed E-state index contributed by atoms with van der Waals surface area (Å²) in [5, 5.41) is 4.81. The first-order valence-corrected chi connectivity index (χ1v) is 10.7. The van der Waals surface area contributed by atoms with Crippen molar-refractivity contribution in [1.29, 1.82) is 0 Å². The number of amidine groups is 1. The number of ether oxygens (including phenoxy) is 1. The average molecular weight is 702 g/mol. The molecular formula is C27H18F5IrN4O. The molecule has 5 nitrogen and oxygen atoms in total. The molecule has 0 N–H and O–H groups in total. The minimum absolute atomic E-state index is 0. The molecule has 0 saturated heterocycles. The first-order valence-electron chi connectivity index (χ1n) is 10.7. The topological polar surface area (TPSA) is 41.0 Å². The number of alkyl halides is 3. The van der Waals surface area contributed by atoms with Crippen LogP contribution in [0.2, 0.25) is 0 Å². The number of pyridine rings is 1. The third-order valence-corrected chi connectivity index (χ3v) is 4.96. The molecule has 38 heavy (non-hydrogen) atoms. The maximum atomic E-state index is 13.4. The fraction of sp³-hybridized carbons (Fsp3) is 0.0741. The van der Waals surface area contributed by atoms with Gasteiger partial charge in [0.1, 0.15) is 5.75 Å². The molecule has 0 atom stereocenters. The summed E-state index contributed by atoms with van der Waals surface area (Å²) >= 11 is 0. The minimum Gasteiger partial charge on any atom is -0.497 e. The Balaban J connectivity index is 0.000000213. The van der Waals surface area contributed by atoms with E-state index in [-0.39, 0.29) is 25.7 Å². The van der Waals surface area contributed by atoms with Crippen LogP contribution in [-0.4, -0.2) is 24.1 Å². The first-order chi connectivity index (χ1) is 17.8. The van der Waals surface area contributed by atoms with E-state index in [1.807, 2.05) is 0 Å². The van der Waals surface area contributed by atoms with Gasteiger partial charge in [-0.1, -0.05) is 35.5 Å². The molecule has 1 aromatic heterocycles. The van der Waals surface area contributed by atoms with Crippen LogP contribution in [0, 0.1) is 30.4 Å². The Bertz CT molecular complexity index is 1370. The van der Waals surface area contributed by atoms with E-state index in [0.29, 0.717) is 22.8 Å². The van der Waals surface area contributed by atoms with Crippen molar-refractivity contribution < 1.29 is 46.8 Å². The van der Waals surface area contributed by atoms with E-state index in [9.17, 15) is 22.0 Å². The zero-order valence-corrected chi connectivity index (χ0v) is 22.0. The predicted molar refractivity (Wildman–Crippen MR) is 129 cm³/mol. The molecule has 11 heteroatoms. The van der Waals surface area contributed by atoms with Gasteiger partial charge in [0.2, 0.25) is 5.84 Å². The number of hydrazone groups is 1. The van der Waals surface area contributed by atoms with Gasteiger partial charge >= 0.3 is 26.3 Å². The molecule has 1 aliphatic rings. The summed E-state index contributed by atoms with van der Waals surface area (Å²) in [5.74, 6) is -1.78. The van der Waals surface area contributed by atoms with Crippen molar-refractivity contribution in [2.75, 3.05) is 17.0 Å². The van der Waals surface area contributed by atoms with Crippen molar-refractivity contribution >= 4 is 17.2 Å². The van der Waals surface area contributed by atoms with Gasteiger partial charge in [0.25, 0.3) is 0 Å². The molecule has 0 aliphatic carbocycles. The van der Waals surface area contributed by atoms with E-state index in [1.165, 1.54) is 20.0 Å². The Morgan fingerprint density at radius 3 is 2.32 bits per heavy atom. The summed E-state index contributed by atoms with van der Waals surface area (Å²) in [7, 11) is 1.50. The molecule has 0 spiro atoms. The molecule has 0 fully saturated rings. The molecule has 3 aromatic carbocycles. The fourth-order valence-electron chi connectivity index (χ4n) is 3.27. The SMILES string of the molecule is COc1ccnc(-c2[c-]cc(F)cc2F)c1.FC(F)(F)C1=NN(c2[c-]cccc2)[CH-]N1c1ccccc1.[Ir+3]. The standard InChI is InChI=1S/C15H10F3N3.C12H8F2NO.Ir/c16-15(17,18)14-19-21(13-9-5-2-6-10-13)11-20(14)12-7-3-1-4-8-12;1-16-9-4-5-15-12(7-9)10-3-2-8(13)6-11(10)14;/h1-9,11H;2,4-7H,1H3;/q-2;-1;+3. The summed E-state index contributed by atoms with van der Waals surface area (Å²) in [6, 6.07) is 25.4. The van der Waals surface area contributed by atoms with Crippen LogP contribution in [0.25, 0.3) is 11.3 Å². The van der Waals surface area contributed by atoms with E-state index in [1.54, 1.807) is 66.7 Å². The smallest absolute Gasteiger partial charge is 0.497 e. The predicted octanol–water partition coefficient (Wildman–Crippen LogP) is 6.64. The van der Waals surface area contributed by atoms with Crippen molar-refractivity contribution in [3.8, 4) is 17.0 Å². The van der Waals surface area contributed by atoms with E-state index >= 15 is 0 Å². The third kappa shape index (κ3) is 6.93. The number of nitrogens with zero attached hydrogens (tertiary/aromatic N) is 4. The van der Waals surface area contributed by atoms with Crippen LogP contribution >= 0.6 is 0 Å². The summed E-state index contributed by atoms with van der Waals surface area (Å²) in [4.78, 5) is 4.99. The molecule has 0 radical (unpaired) electrons. The number of methoxy groups -OCH3 is 1. The maximum absolute atomic E-state index is 13.4. The van der Waals surface area contributed by atoms with Crippen LogP contribution in [0.3, 0.4) is 0 Å². The monoisotopic (exact) mass is 702 g/mol. The second kappa shape index (κ2) is 12.6. The second-order valence-corrected chi connectivity index (χ2v) is 7.46. The molecule has 0 amide bonds. The van der Waals surface area contributed by atoms with Crippen molar-refractivity contribution in [3.05, 3.63) is 115 Å². The minimum atomic E-state index is -4.55. The number of anilines is 2. The third-order valence-electron chi connectivity index (χ3n) is 4.96. The Morgan fingerprint density at radius 2 is 1.68 bits per heavy atom. The Hall–Kier alpha value is -3.82. The van der Waals surface area contributed by atoms with Gasteiger partial charge in [0, 0.05) is 23.5 Å². The normalized spacial score (nSPS) is 12.7. The zero-order valence-electron chi connectivity index (χ0n) is 19.6. The van der Waals surface area contributed by atoms with Crippen molar-refractivity contribution in [2.24, 2.45) is 5.10 Å². The van der Waals surface area contributed by atoms with Gasteiger partial charge in [-0.05, 0) is 30.0 Å². The molecule has 5 rings (SSSR count). The van der Waals surface area contributed by atoms with Crippen LogP contribution in [-0.2, 0) is 20.1 Å². The van der Waals surface area contributed by atoms with Gasteiger partial charge < -0.3 is 19.6 Å². The Labute approximate surface area is 229 Å². The number of rotatable bonds is 4. The molecule has 4 aromatic rings. The largest absolute Gasteiger partial charge is 3.00 e. The number of aromatic nitrogens is 1. The molecule has 0 bridgehead atoms. The van der Waals surface area contributed by atoms with Crippen molar-refractivity contribution in [2.45, 2.75) is 6.18 Å². The quantitative estimate of drug-likeness (QED) is 0.177. The van der Waals surface area contributed by atoms with E-state index in [0.717, 1.165) is 22.0 Å². The van der Waals surface area contributed by atoms with Crippen molar-refractivity contribution in [3.63, 3.8) is 0 Å². The van der Waals surface area contributed by atoms with Crippen LogP contribution in [0.4, 0.5) is 33.3 Å². The van der Waals surface area contributed by atoms with Crippen LogP contribution < -0.4 is 14.6 Å². The molecule has 0 unspecified atom stereocenters. The van der Waals surface area contributed by atoms with Gasteiger partial charge in [-0.3, -0.25) is 8.78 Å². The molecule has 1 aliphatic heterocycles. The van der Waals surface area contributed by atoms with Gasteiger partial charge in [-0.25, -0.2) is 0 Å². The summed E-state index contributed by atoms with van der Waals surface area (Å²) in [6.07, 6.45) is -3.05. The van der Waals surface area contributed by atoms with Gasteiger partial charge in [-0.15, -0.1) is 24.9 Å². The van der Waals surface area contributed by atoms with Crippen LogP contribution in [0.15, 0.2) is 90.2 Å². The molecular weight excluding hydrogens is 684 g/mol. The zero-order chi connectivity index (χ0) is 26.4. The molecule has 196 valence electrons. The summed E-state index contributed by atoms with van der Waals surface area (Å²) in [6.45, 7) is 1.30. The molecule has 0 saturated carbocycles. The Morgan fingerprint density at radius 1 is 0.947 bits per heavy atom. The van der Waals surface area contributed by atoms with Crippen LogP contribution in [0.5, 0.6) is 5.75 Å². The van der Waals surface area contributed by atoms with E-state index < -0.39 is 23.6 Å².